The number of nitrogens with zero attached hydrogens (tertiary/aromatic N) is 2. The Labute approximate surface area is 173 Å². The summed E-state index contributed by atoms with van der Waals surface area (Å²) in [5.74, 6) is -0.244. The zero-order valence-electron chi connectivity index (χ0n) is 17.0. The Kier molecular flexibility index (Phi) is 6.29. The van der Waals surface area contributed by atoms with E-state index in [1.54, 1.807) is 0 Å². The second-order valence-corrected chi connectivity index (χ2v) is 10.4. The van der Waals surface area contributed by atoms with Crippen LogP contribution < -0.4 is 5.32 Å². The van der Waals surface area contributed by atoms with E-state index in [2.05, 4.69) is 15.2 Å². The summed E-state index contributed by atoms with van der Waals surface area (Å²) in [6.07, 6.45) is 8.96. The highest BCUT2D eigenvalue weighted by Gasteiger charge is 2.39. The molecule has 4 rings (SSSR count). The third-order valence-electron chi connectivity index (χ3n) is 6.65. The molecule has 8 nitrogen and oxygen atoms in total. The quantitative estimate of drug-likeness (QED) is 0.723. The molecule has 3 fully saturated rings. The zero-order chi connectivity index (χ0) is 20.3. The topological polar surface area (TPSA) is 94.7 Å². The molecule has 1 aromatic rings. The van der Waals surface area contributed by atoms with Crippen molar-refractivity contribution >= 4 is 15.9 Å². The van der Waals surface area contributed by atoms with Crippen molar-refractivity contribution in [3.05, 3.63) is 18.0 Å². The molecule has 0 spiro atoms. The number of nitrogens with one attached hydrogen (secondary N) is 2. The van der Waals surface area contributed by atoms with Gasteiger partial charge in [0.15, 0.2) is 0 Å². The lowest BCUT2D eigenvalue weighted by atomic mass is 9.79. The second kappa shape index (κ2) is 8.75. The molecular formula is C20H32N4O4S. The molecule has 0 radical (unpaired) electrons. The van der Waals surface area contributed by atoms with Gasteiger partial charge in [0.1, 0.15) is 10.6 Å². The van der Waals surface area contributed by atoms with Gasteiger partial charge in [-0.2, -0.15) is 4.31 Å². The molecule has 162 valence electrons. The largest absolute Gasteiger partial charge is 0.379 e. The molecule has 29 heavy (non-hydrogen) atoms. The fraction of sp³-hybridized carbons (Fsp3) is 0.750. The third-order valence-corrected chi connectivity index (χ3v) is 8.52. The van der Waals surface area contributed by atoms with Crippen molar-refractivity contribution in [2.45, 2.75) is 55.4 Å². The lowest BCUT2D eigenvalue weighted by Gasteiger charge is -2.48. The van der Waals surface area contributed by atoms with Crippen LogP contribution in [0.4, 0.5) is 0 Å². The van der Waals surface area contributed by atoms with Crippen molar-refractivity contribution < 1.29 is 17.9 Å². The summed E-state index contributed by atoms with van der Waals surface area (Å²) in [5.41, 5.74) is 0.282. The molecule has 3 aliphatic rings. The number of hydrogen-bond donors (Lipinski definition) is 2. The number of H-pyrrole nitrogens is 1. The maximum Gasteiger partial charge on any atom is 0.267 e. The molecule has 1 saturated carbocycles. The molecule has 2 N–H and O–H groups in total. The molecular weight excluding hydrogens is 392 g/mol. The molecule has 3 heterocycles. The maximum atomic E-state index is 12.8. The van der Waals surface area contributed by atoms with Crippen LogP contribution in [0.25, 0.3) is 0 Å². The highest BCUT2D eigenvalue weighted by Crippen LogP contribution is 2.34. The van der Waals surface area contributed by atoms with Gasteiger partial charge in [0, 0.05) is 44.5 Å². The number of carbonyl (C=O) groups is 1. The Morgan fingerprint density at radius 1 is 1.07 bits per heavy atom. The van der Waals surface area contributed by atoms with Crippen LogP contribution in [0.5, 0.6) is 0 Å². The van der Waals surface area contributed by atoms with Crippen LogP contribution in [0.15, 0.2) is 17.2 Å². The Hall–Kier alpha value is -1.42. The summed E-state index contributed by atoms with van der Waals surface area (Å²) in [5, 5.41) is 3.08. The maximum absolute atomic E-state index is 12.8. The average Bonchev–Trinajstić information content (AvgIpc) is 3.46. The SMILES string of the molecule is O=C(NCC1(N2CCOCC2)CCCCC1)c1cc(S(=O)(=O)N2CCCC2)c[nH]1. The van der Waals surface area contributed by atoms with E-state index >= 15 is 0 Å². The summed E-state index contributed by atoms with van der Waals surface area (Å²) in [7, 11) is -3.52. The zero-order valence-corrected chi connectivity index (χ0v) is 17.8. The lowest BCUT2D eigenvalue weighted by Crippen LogP contribution is -2.59. The molecule has 0 atom stereocenters. The van der Waals surface area contributed by atoms with Gasteiger partial charge in [-0.3, -0.25) is 9.69 Å². The number of ether oxygens (including phenoxy) is 1. The molecule has 0 aromatic carbocycles. The van der Waals surface area contributed by atoms with E-state index in [1.807, 2.05) is 0 Å². The predicted octanol–water partition coefficient (Wildman–Crippen LogP) is 1.56. The summed E-state index contributed by atoms with van der Waals surface area (Å²) in [6.45, 7) is 4.97. The monoisotopic (exact) mass is 424 g/mol. The molecule has 1 aliphatic carbocycles. The molecule has 2 aliphatic heterocycles. The Bertz CT molecular complexity index is 804. The van der Waals surface area contributed by atoms with Gasteiger partial charge < -0.3 is 15.0 Å². The first-order chi connectivity index (χ1) is 14.0. The number of hydrogen-bond acceptors (Lipinski definition) is 5. The summed E-state index contributed by atoms with van der Waals surface area (Å²) in [6, 6.07) is 1.46. The van der Waals surface area contributed by atoms with Gasteiger partial charge in [0.2, 0.25) is 10.0 Å². The van der Waals surface area contributed by atoms with Gasteiger partial charge in [-0.15, -0.1) is 0 Å². The predicted molar refractivity (Wildman–Crippen MR) is 109 cm³/mol. The minimum Gasteiger partial charge on any atom is -0.379 e. The van der Waals surface area contributed by atoms with Gasteiger partial charge >= 0.3 is 0 Å². The van der Waals surface area contributed by atoms with Crippen LogP contribution in [0.2, 0.25) is 0 Å². The fourth-order valence-electron chi connectivity index (χ4n) is 4.92. The number of morpholine rings is 1. The molecule has 1 amide bonds. The van der Waals surface area contributed by atoms with Crippen molar-refractivity contribution in [2.75, 3.05) is 45.9 Å². The third kappa shape index (κ3) is 4.38. The Morgan fingerprint density at radius 3 is 2.45 bits per heavy atom. The van der Waals surface area contributed by atoms with Gasteiger partial charge in [0.05, 0.1) is 13.2 Å². The van der Waals surface area contributed by atoms with E-state index in [0.717, 1.165) is 52.0 Å². The van der Waals surface area contributed by atoms with Crippen LogP contribution >= 0.6 is 0 Å². The van der Waals surface area contributed by atoms with E-state index in [0.29, 0.717) is 25.3 Å². The first kappa shape index (κ1) is 20.8. The standard InChI is InChI=1S/C20H32N4O4S/c25-19(18-14-17(15-21-18)29(26,27)24-8-4-5-9-24)22-16-20(6-2-1-3-7-20)23-10-12-28-13-11-23/h14-15,21H,1-13,16H2,(H,22,25). The van der Waals surface area contributed by atoms with E-state index < -0.39 is 10.0 Å². The molecule has 2 saturated heterocycles. The van der Waals surface area contributed by atoms with E-state index in [-0.39, 0.29) is 16.3 Å². The van der Waals surface area contributed by atoms with Crippen molar-refractivity contribution in [2.24, 2.45) is 0 Å². The van der Waals surface area contributed by atoms with Crippen LogP contribution in [0.3, 0.4) is 0 Å². The van der Waals surface area contributed by atoms with Gasteiger partial charge in [-0.25, -0.2) is 8.42 Å². The first-order valence-corrected chi connectivity index (χ1v) is 12.2. The lowest BCUT2D eigenvalue weighted by molar-refractivity contribution is -0.0361. The van der Waals surface area contributed by atoms with Crippen LogP contribution in [-0.2, 0) is 14.8 Å². The van der Waals surface area contributed by atoms with Gasteiger partial charge in [0.25, 0.3) is 5.91 Å². The van der Waals surface area contributed by atoms with E-state index in [9.17, 15) is 13.2 Å². The fourth-order valence-corrected chi connectivity index (χ4v) is 6.44. The number of carbonyl (C=O) groups excluding carboxylic acids is 1. The number of rotatable bonds is 6. The normalized spacial score (nSPS) is 23.9. The Morgan fingerprint density at radius 2 is 1.76 bits per heavy atom. The molecule has 0 unspecified atom stereocenters. The minimum atomic E-state index is -3.52. The smallest absolute Gasteiger partial charge is 0.267 e. The van der Waals surface area contributed by atoms with Crippen LogP contribution in [0, 0.1) is 0 Å². The number of aromatic amines is 1. The highest BCUT2D eigenvalue weighted by atomic mass is 32.2. The van der Waals surface area contributed by atoms with Gasteiger partial charge in [-0.1, -0.05) is 19.3 Å². The second-order valence-electron chi connectivity index (χ2n) is 8.43. The number of sulfonamides is 1. The number of amides is 1. The number of aromatic nitrogens is 1. The summed E-state index contributed by atoms with van der Waals surface area (Å²) in [4.78, 5) is 18.3. The van der Waals surface area contributed by atoms with Gasteiger partial charge in [-0.05, 0) is 31.7 Å². The molecule has 1 aromatic heterocycles. The van der Waals surface area contributed by atoms with Crippen LogP contribution in [0.1, 0.15) is 55.4 Å². The van der Waals surface area contributed by atoms with Crippen molar-refractivity contribution in [1.82, 2.24) is 19.5 Å². The van der Waals surface area contributed by atoms with Crippen molar-refractivity contribution in [1.29, 1.82) is 0 Å². The average molecular weight is 425 g/mol. The molecule has 9 heteroatoms. The highest BCUT2D eigenvalue weighted by molar-refractivity contribution is 7.89. The van der Waals surface area contributed by atoms with E-state index in [1.165, 1.54) is 35.8 Å². The summed E-state index contributed by atoms with van der Waals surface area (Å²) >= 11 is 0. The van der Waals surface area contributed by atoms with Crippen LogP contribution in [-0.4, -0.2) is 80.0 Å². The minimum absolute atomic E-state index is 0.0191. The summed E-state index contributed by atoms with van der Waals surface area (Å²) < 4.78 is 32.4. The van der Waals surface area contributed by atoms with Crippen molar-refractivity contribution in [3.8, 4) is 0 Å². The first-order valence-electron chi connectivity index (χ1n) is 10.8. The molecule has 0 bridgehead atoms. The Balaban J connectivity index is 1.42. The van der Waals surface area contributed by atoms with Crippen molar-refractivity contribution in [3.63, 3.8) is 0 Å². The van der Waals surface area contributed by atoms with E-state index in [4.69, 9.17) is 4.74 Å².